The van der Waals surface area contributed by atoms with E-state index in [1.807, 2.05) is 0 Å². The van der Waals surface area contributed by atoms with Crippen molar-refractivity contribution in [1.82, 2.24) is 0 Å². The highest BCUT2D eigenvalue weighted by molar-refractivity contribution is 7.18. The van der Waals surface area contributed by atoms with Gasteiger partial charge in [-0.15, -0.1) is 11.3 Å². The molecule has 0 bridgehead atoms. The SMILES string of the molecule is CC(C)(C#N)C(=O)OCC(=O)c1ccc(Cl)s1. The van der Waals surface area contributed by atoms with Crippen LogP contribution in [0.4, 0.5) is 0 Å². The Bertz CT molecular complexity index is 487. The van der Waals surface area contributed by atoms with E-state index in [-0.39, 0.29) is 12.4 Å². The maximum absolute atomic E-state index is 11.6. The average molecular weight is 272 g/mol. The van der Waals surface area contributed by atoms with Gasteiger partial charge in [0.05, 0.1) is 15.3 Å². The Morgan fingerprint density at radius 1 is 1.53 bits per heavy atom. The topological polar surface area (TPSA) is 67.2 Å². The van der Waals surface area contributed by atoms with Crippen molar-refractivity contribution in [3.05, 3.63) is 21.3 Å². The Labute approximate surface area is 108 Å². The summed E-state index contributed by atoms with van der Waals surface area (Å²) in [5.41, 5.74) is -1.24. The van der Waals surface area contributed by atoms with Crippen LogP contribution in [0.3, 0.4) is 0 Å². The van der Waals surface area contributed by atoms with E-state index in [1.54, 1.807) is 18.2 Å². The minimum absolute atomic E-state index is 0.330. The summed E-state index contributed by atoms with van der Waals surface area (Å²) < 4.78 is 5.27. The molecule has 4 nitrogen and oxygen atoms in total. The molecule has 1 heterocycles. The van der Waals surface area contributed by atoms with Crippen LogP contribution in [0.2, 0.25) is 4.34 Å². The van der Waals surface area contributed by atoms with E-state index in [4.69, 9.17) is 21.6 Å². The summed E-state index contributed by atoms with van der Waals surface area (Å²) in [5.74, 6) is -1.04. The summed E-state index contributed by atoms with van der Waals surface area (Å²) >= 11 is 6.80. The lowest BCUT2D eigenvalue weighted by Gasteiger charge is -2.12. The number of Topliss-reactive ketones (excluding diaryl/α,β-unsaturated/α-hetero) is 1. The lowest BCUT2D eigenvalue weighted by Crippen LogP contribution is -2.26. The van der Waals surface area contributed by atoms with E-state index in [0.29, 0.717) is 9.21 Å². The number of esters is 1. The quantitative estimate of drug-likeness (QED) is 0.624. The van der Waals surface area contributed by atoms with Crippen molar-refractivity contribution in [1.29, 1.82) is 5.26 Å². The molecule has 0 fully saturated rings. The van der Waals surface area contributed by atoms with E-state index in [9.17, 15) is 9.59 Å². The van der Waals surface area contributed by atoms with Crippen molar-refractivity contribution >= 4 is 34.7 Å². The maximum atomic E-state index is 11.6. The number of halogens is 1. The molecule has 1 rings (SSSR count). The average Bonchev–Trinajstić information content (AvgIpc) is 2.72. The van der Waals surface area contributed by atoms with Crippen molar-refractivity contribution in [2.45, 2.75) is 13.8 Å². The molecule has 0 amide bonds. The molecule has 0 N–H and O–H groups in total. The van der Waals surface area contributed by atoms with Crippen molar-refractivity contribution in [2.75, 3.05) is 6.61 Å². The van der Waals surface area contributed by atoms with E-state index >= 15 is 0 Å². The second kappa shape index (κ2) is 5.30. The van der Waals surface area contributed by atoms with Gasteiger partial charge in [-0.2, -0.15) is 5.26 Å². The summed E-state index contributed by atoms with van der Waals surface area (Å²) in [6.07, 6.45) is 0. The molecule has 0 unspecified atom stereocenters. The van der Waals surface area contributed by atoms with Crippen molar-refractivity contribution in [3.8, 4) is 6.07 Å². The summed E-state index contributed by atoms with van der Waals surface area (Å²) in [6, 6.07) is 4.97. The summed E-state index contributed by atoms with van der Waals surface area (Å²) in [5, 5.41) is 8.70. The number of thiophene rings is 1. The van der Waals surface area contributed by atoms with Gasteiger partial charge < -0.3 is 4.74 Å². The lowest BCUT2D eigenvalue weighted by atomic mass is 9.96. The zero-order chi connectivity index (χ0) is 13.1. The Morgan fingerprint density at radius 3 is 2.65 bits per heavy atom. The van der Waals surface area contributed by atoms with Crippen molar-refractivity contribution < 1.29 is 14.3 Å². The molecule has 0 aromatic carbocycles. The molecule has 0 atom stereocenters. The summed E-state index contributed by atoms with van der Waals surface area (Å²) in [4.78, 5) is 23.4. The van der Waals surface area contributed by atoms with Gasteiger partial charge in [-0.25, -0.2) is 0 Å². The fourth-order valence-corrected chi connectivity index (χ4v) is 1.86. The van der Waals surface area contributed by atoms with Gasteiger partial charge in [-0.05, 0) is 26.0 Å². The lowest BCUT2D eigenvalue weighted by molar-refractivity contribution is -0.149. The first-order chi connectivity index (χ1) is 7.86. The number of ether oxygens (including phenoxy) is 1. The van der Waals surface area contributed by atoms with E-state index in [0.717, 1.165) is 11.3 Å². The van der Waals surface area contributed by atoms with Crippen LogP contribution in [0.1, 0.15) is 23.5 Å². The van der Waals surface area contributed by atoms with Gasteiger partial charge in [0, 0.05) is 0 Å². The van der Waals surface area contributed by atoms with Crippen LogP contribution < -0.4 is 0 Å². The summed E-state index contributed by atoms with van der Waals surface area (Å²) in [6.45, 7) is 2.49. The molecule has 0 saturated carbocycles. The predicted octanol–water partition coefficient (Wildman–Crippen LogP) is 2.68. The molecule has 1 aromatic rings. The largest absolute Gasteiger partial charge is 0.456 e. The first-order valence-corrected chi connectivity index (χ1v) is 5.93. The molecule has 17 heavy (non-hydrogen) atoms. The molecule has 6 heteroatoms. The Morgan fingerprint density at radius 2 is 2.18 bits per heavy atom. The number of carbonyl (C=O) groups is 2. The third kappa shape index (κ3) is 3.55. The molecule has 0 saturated heterocycles. The molecular formula is C11H10ClNO3S. The second-order valence-corrected chi connectivity index (χ2v) is 5.55. The third-order valence-electron chi connectivity index (χ3n) is 1.97. The van der Waals surface area contributed by atoms with Crippen LogP contribution in [-0.2, 0) is 9.53 Å². The number of carbonyl (C=O) groups excluding carboxylic acids is 2. The minimum atomic E-state index is -1.24. The van der Waals surface area contributed by atoms with Crippen molar-refractivity contribution in [3.63, 3.8) is 0 Å². The number of ketones is 1. The standard InChI is InChI=1S/C11H10ClNO3S/c1-11(2,6-13)10(15)16-5-7(14)8-3-4-9(12)17-8/h3-4H,5H2,1-2H3. The monoisotopic (exact) mass is 271 g/mol. The molecule has 90 valence electrons. The van der Waals surface area contributed by atoms with Crippen LogP contribution in [-0.4, -0.2) is 18.4 Å². The third-order valence-corrected chi connectivity index (χ3v) is 3.24. The molecule has 0 aliphatic heterocycles. The summed E-state index contributed by atoms with van der Waals surface area (Å²) in [7, 11) is 0. The van der Waals surface area contributed by atoms with E-state index in [2.05, 4.69) is 0 Å². The molecular weight excluding hydrogens is 262 g/mol. The Kier molecular flexibility index (Phi) is 4.27. The highest BCUT2D eigenvalue weighted by atomic mass is 35.5. The van der Waals surface area contributed by atoms with Crippen LogP contribution in [0.5, 0.6) is 0 Å². The molecule has 0 spiro atoms. The van der Waals surface area contributed by atoms with Gasteiger partial charge in [0.15, 0.2) is 6.61 Å². The van der Waals surface area contributed by atoms with Crippen LogP contribution >= 0.6 is 22.9 Å². The zero-order valence-electron chi connectivity index (χ0n) is 9.32. The van der Waals surface area contributed by atoms with E-state index in [1.165, 1.54) is 13.8 Å². The normalized spacial score (nSPS) is 10.7. The highest BCUT2D eigenvalue weighted by Crippen LogP contribution is 2.22. The van der Waals surface area contributed by atoms with Gasteiger partial charge in [0.2, 0.25) is 5.78 Å². The Hall–Kier alpha value is -1.38. The van der Waals surface area contributed by atoms with Gasteiger partial charge in [0.1, 0.15) is 5.41 Å². The number of nitriles is 1. The van der Waals surface area contributed by atoms with Crippen LogP contribution in [0, 0.1) is 16.7 Å². The van der Waals surface area contributed by atoms with Gasteiger partial charge in [-0.3, -0.25) is 9.59 Å². The van der Waals surface area contributed by atoms with E-state index < -0.39 is 11.4 Å². The van der Waals surface area contributed by atoms with Gasteiger partial charge in [-0.1, -0.05) is 11.6 Å². The smallest absolute Gasteiger partial charge is 0.326 e. The van der Waals surface area contributed by atoms with Gasteiger partial charge in [0.25, 0.3) is 0 Å². The highest BCUT2D eigenvalue weighted by Gasteiger charge is 2.29. The first-order valence-electron chi connectivity index (χ1n) is 4.74. The number of nitrogens with zero attached hydrogens (tertiary/aromatic N) is 1. The molecule has 0 radical (unpaired) electrons. The first kappa shape index (κ1) is 13.7. The van der Waals surface area contributed by atoms with Gasteiger partial charge >= 0.3 is 5.97 Å². The molecule has 0 aliphatic carbocycles. The van der Waals surface area contributed by atoms with Crippen LogP contribution in [0.25, 0.3) is 0 Å². The van der Waals surface area contributed by atoms with Crippen molar-refractivity contribution in [2.24, 2.45) is 5.41 Å². The minimum Gasteiger partial charge on any atom is -0.456 e. The van der Waals surface area contributed by atoms with Crippen LogP contribution in [0.15, 0.2) is 12.1 Å². The molecule has 0 aliphatic rings. The second-order valence-electron chi connectivity index (χ2n) is 3.84. The zero-order valence-corrected chi connectivity index (χ0v) is 10.9. The Balaban J connectivity index is 2.56. The predicted molar refractivity (Wildman–Crippen MR) is 64.0 cm³/mol. The maximum Gasteiger partial charge on any atom is 0.326 e. The number of hydrogen-bond acceptors (Lipinski definition) is 5. The number of rotatable bonds is 4. The fourth-order valence-electron chi connectivity index (χ4n) is 0.892. The fraction of sp³-hybridized carbons (Fsp3) is 0.364. The molecule has 1 aromatic heterocycles. The number of hydrogen-bond donors (Lipinski definition) is 0.